The number of hydrogen-bond donors (Lipinski definition) is 4. The van der Waals surface area contributed by atoms with E-state index >= 15 is 0 Å². The van der Waals surface area contributed by atoms with Gasteiger partial charge in [-0.2, -0.15) is 0 Å². The van der Waals surface area contributed by atoms with Gasteiger partial charge in [-0.3, -0.25) is 9.89 Å². The fraction of sp³-hybridized carbons (Fsp3) is 0.538. The number of aromatic amines is 2. The minimum Gasteiger partial charge on any atom is -0.338 e. The Bertz CT molecular complexity index is 461. The summed E-state index contributed by atoms with van der Waals surface area (Å²) < 4.78 is 0. The molecule has 4 N–H and O–H groups in total. The first-order valence-corrected chi connectivity index (χ1v) is 6.56. The second-order valence-electron chi connectivity index (χ2n) is 4.48. The van der Waals surface area contributed by atoms with Crippen molar-refractivity contribution in [2.75, 3.05) is 13.1 Å². The van der Waals surface area contributed by atoms with E-state index in [1.54, 1.807) is 6.20 Å². The van der Waals surface area contributed by atoms with E-state index in [-0.39, 0.29) is 11.6 Å². The monoisotopic (exact) mass is 266 g/mol. The quantitative estimate of drug-likeness (QED) is 0.422. The summed E-state index contributed by atoms with van der Waals surface area (Å²) in [6, 6.07) is -0.194. The maximum absolute atomic E-state index is 11.4. The molecule has 106 valence electrons. The number of urea groups is 1. The highest BCUT2D eigenvalue weighted by atomic mass is 16.2. The summed E-state index contributed by atoms with van der Waals surface area (Å²) in [5, 5.41) is 10.6. The largest absolute Gasteiger partial charge is 0.338 e. The van der Waals surface area contributed by atoms with Crippen molar-refractivity contribution in [3.8, 4) is 0 Å². The van der Waals surface area contributed by atoms with Crippen LogP contribution >= 0.6 is 0 Å². The average molecular weight is 266 g/mol. The molecule has 1 heterocycles. The van der Waals surface area contributed by atoms with Crippen LogP contribution in [-0.4, -0.2) is 29.3 Å². The van der Waals surface area contributed by atoms with E-state index in [9.17, 15) is 9.59 Å². The van der Waals surface area contributed by atoms with E-state index in [0.29, 0.717) is 25.1 Å². The lowest BCUT2D eigenvalue weighted by molar-refractivity contribution is 0.241. The Morgan fingerprint density at radius 2 is 2.21 bits per heavy atom. The molecule has 0 bridgehead atoms. The topological polar surface area (TPSA) is 89.8 Å². The number of aromatic nitrogens is 2. The molecule has 0 fully saturated rings. The number of amides is 2. The SMILES string of the molecule is C=C(CCC)CNC(=O)NCCCc1c[nH][nH]c1=O. The highest BCUT2D eigenvalue weighted by Crippen LogP contribution is 1.98. The molecule has 0 spiro atoms. The molecule has 1 aromatic heterocycles. The molecule has 1 aromatic rings. The van der Waals surface area contributed by atoms with Gasteiger partial charge in [-0.05, 0) is 19.3 Å². The van der Waals surface area contributed by atoms with E-state index in [1.165, 1.54) is 0 Å². The van der Waals surface area contributed by atoms with Gasteiger partial charge in [0.05, 0.1) is 0 Å². The van der Waals surface area contributed by atoms with Crippen molar-refractivity contribution in [2.45, 2.75) is 32.6 Å². The average Bonchev–Trinajstić information content (AvgIpc) is 2.78. The Hall–Kier alpha value is -1.98. The molecule has 0 atom stereocenters. The minimum absolute atomic E-state index is 0.0969. The van der Waals surface area contributed by atoms with E-state index in [4.69, 9.17) is 0 Å². The van der Waals surface area contributed by atoms with Crippen LogP contribution in [0.15, 0.2) is 23.1 Å². The zero-order valence-corrected chi connectivity index (χ0v) is 11.3. The number of aryl methyl sites for hydroxylation is 1. The molecule has 0 saturated carbocycles. The van der Waals surface area contributed by atoms with E-state index in [2.05, 4.69) is 34.3 Å². The Morgan fingerprint density at radius 1 is 1.42 bits per heavy atom. The fourth-order valence-corrected chi connectivity index (χ4v) is 1.71. The predicted molar refractivity (Wildman–Crippen MR) is 75.2 cm³/mol. The highest BCUT2D eigenvalue weighted by Gasteiger charge is 2.02. The van der Waals surface area contributed by atoms with Crippen molar-refractivity contribution in [2.24, 2.45) is 0 Å². The Morgan fingerprint density at radius 3 is 2.84 bits per heavy atom. The third-order valence-electron chi connectivity index (χ3n) is 2.73. The van der Waals surface area contributed by atoms with Crippen molar-refractivity contribution in [3.63, 3.8) is 0 Å². The van der Waals surface area contributed by atoms with Gasteiger partial charge in [-0.15, -0.1) is 0 Å². The van der Waals surface area contributed by atoms with Crippen LogP contribution in [0.25, 0.3) is 0 Å². The highest BCUT2D eigenvalue weighted by molar-refractivity contribution is 5.74. The molecular formula is C13H22N4O2. The zero-order valence-electron chi connectivity index (χ0n) is 11.3. The summed E-state index contributed by atoms with van der Waals surface area (Å²) in [4.78, 5) is 22.6. The number of carbonyl (C=O) groups excluding carboxylic acids is 1. The molecule has 0 aliphatic rings. The molecule has 1 rings (SSSR count). The first-order chi connectivity index (χ1) is 9.13. The van der Waals surface area contributed by atoms with Gasteiger partial charge in [0.25, 0.3) is 5.56 Å². The van der Waals surface area contributed by atoms with Gasteiger partial charge in [0.1, 0.15) is 0 Å². The minimum atomic E-state index is -0.194. The smallest absolute Gasteiger partial charge is 0.315 e. The van der Waals surface area contributed by atoms with Crippen molar-refractivity contribution in [1.82, 2.24) is 20.8 Å². The van der Waals surface area contributed by atoms with Crippen LogP contribution < -0.4 is 16.2 Å². The summed E-state index contributed by atoms with van der Waals surface area (Å²) in [5.74, 6) is 0. The molecule has 0 radical (unpaired) electrons. The first kappa shape index (κ1) is 15.1. The van der Waals surface area contributed by atoms with Gasteiger partial charge in [0.15, 0.2) is 0 Å². The summed E-state index contributed by atoms with van der Waals surface area (Å²) in [7, 11) is 0. The van der Waals surface area contributed by atoms with Crippen molar-refractivity contribution in [3.05, 3.63) is 34.3 Å². The molecule has 0 aromatic carbocycles. The van der Waals surface area contributed by atoms with Crippen LogP contribution in [0.3, 0.4) is 0 Å². The molecular weight excluding hydrogens is 244 g/mol. The molecule has 0 saturated heterocycles. The molecule has 0 aliphatic carbocycles. The number of carbonyl (C=O) groups is 1. The fourth-order valence-electron chi connectivity index (χ4n) is 1.71. The molecule has 19 heavy (non-hydrogen) atoms. The van der Waals surface area contributed by atoms with Gasteiger partial charge in [0, 0.05) is 24.8 Å². The van der Waals surface area contributed by atoms with Crippen LogP contribution in [0.1, 0.15) is 31.7 Å². The van der Waals surface area contributed by atoms with Crippen molar-refractivity contribution >= 4 is 6.03 Å². The van der Waals surface area contributed by atoms with E-state index in [0.717, 1.165) is 24.8 Å². The van der Waals surface area contributed by atoms with Crippen LogP contribution in [0.4, 0.5) is 4.79 Å². The van der Waals surface area contributed by atoms with Gasteiger partial charge in [-0.1, -0.05) is 25.5 Å². The van der Waals surface area contributed by atoms with Crippen molar-refractivity contribution in [1.29, 1.82) is 0 Å². The zero-order chi connectivity index (χ0) is 14.1. The Balaban J connectivity index is 2.09. The normalized spacial score (nSPS) is 10.2. The molecule has 6 heteroatoms. The second kappa shape index (κ2) is 8.18. The van der Waals surface area contributed by atoms with Crippen LogP contribution in [0.2, 0.25) is 0 Å². The van der Waals surface area contributed by atoms with Crippen LogP contribution in [0.5, 0.6) is 0 Å². The summed E-state index contributed by atoms with van der Waals surface area (Å²) in [5.41, 5.74) is 1.63. The van der Waals surface area contributed by atoms with Crippen molar-refractivity contribution < 1.29 is 4.79 Å². The second-order valence-corrected chi connectivity index (χ2v) is 4.48. The number of rotatable bonds is 8. The number of hydrogen-bond acceptors (Lipinski definition) is 2. The molecule has 2 amide bonds. The van der Waals surface area contributed by atoms with Crippen LogP contribution in [0, 0.1) is 0 Å². The Labute approximate surface area is 112 Å². The first-order valence-electron chi connectivity index (χ1n) is 6.56. The van der Waals surface area contributed by atoms with Gasteiger partial charge in [0.2, 0.25) is 0 Å². The number of nitrogens with one attached hydrogen (secondary N) is 4. The molecule has 0 aliphatic heterocycles. The lowest BCUT2D eigenvalue weighted by atomic mass is 10.2. The number of H-pyrrole nitrogens is 2. The maximum atomic E-state index is 11.4. The maximum Gasteiger partial charge on any atom is 0.315 e. The van der Waals surface area contributed by atoms with E-state index in [1.807, 2.05) is 0 Å². The predicted octanol–water partition coefficient (Wildman–Crippen LogP) is 1.29. The van der Waals surface area contributed by atoms with Gasteiger partial charge >= 0.3 is 6.03 Å². The van der Waals surface area contributed by atoms with E-state index < -0.39 is 0 Å². The van der Waals surface area contributed by atoms with Gasteiger partial charge in [-0.25, -0.2) is 4.79 Å². The van der Waals surface area contributed by atoms with Gasteiger partial charge < -0.3 is 15.7 Å². The Kier molecular flexibility index (Phi) is 6.49. The van der Waals surface area contributed by atoms with Crippen LogP contribution in [-0.2, 0) is 6.42 Å². The summed E-state index contributed by atoms with van der Waals surface area (Å²) in [6.45, 7) is 7.00. The summed E-state index contributed by atoms with van der Waals surface area (Å²) in [6.07, 6.45) is 4.98. The third kappa shape index (κ3) is 5.94. The lowest BCUT2D eigenvalue weighted by Crippen LogP contribution is -2.37. The standard InChI is InChI=1S/C13H22N4O2/c1-3-5-10(2)8-15-13(19)14-7-4-6-11-9-16-17-12(11)18/h9H,2-8H2,1H3,(H2,14,15,19)(H2,16,17,18). The lowest BCUT2D eigenvalue weighted by Gasteiger charge is -2.08. The summed E-state index contributed by atoms with van der Waals surface area (Å²) >= 11 is 0. The molecule has 0 unspecified atom stereocenters. The third-order valence-corrected chi connectivity index (χ3v) is 2.73. The molecule has 6 nitrogen and oxygen atoms in total.